The lowest BCUT2D eigenvalue weighted by Gasteiger charge is -2.34. The van der Waals surface area contributed by atoms with Crippen LogP contribution in [0.1, 0.15) is 97.2 Å². The molecule has 0 saturated heterocycles. The lowest BCUT2D eigenvalue weighted by molar-refractivity contribution is 0.659. The number of fused-ring (bicyclic) bond motifs is 12. The van der Waals surface area contributed by atoms with Crippen molar-refractivity contribution in [2.24, 2.45) is 0 Å². The van der Waals surface area contributed by atoms with Crippen molar-refractivity contribution in [1.82, 2.24) is 0 Å². The summed E-state index contributed by atoms with van der Waals surface area (Å²) in [6.45, 7) is 14.4. The van der Waals surface area contributed by atoms with E-state index in [1.807, 2.05) is 0 Å². The van der Waals surface area contributed by atoms with Crippen LogP contribution in [0.5, 0.6) is 0 Å². The van der Waals surface area contributed by atoms with Crippen molar-refractivity contribution in [2.75, 3.05) is 4.90 Å². The van der Waals surface area contributed by atoms with E-state index in [0.717, 1.165) is 5.69 Å². The maximum Gasteiger partial charge on any atom is 0.0714 e. The molecule has 0 radical (unpaired) electrons. The highest BCUT2D eigenvalue weighted by molar-refractivity contribution is 5.97. The molecule has 0 amide bonds. The van der Waals surface area contributed by atoms with E-state index in [9.17, 15) is 0 Å². The van der Waals surface area contributed by atoms with Crippen molar-refractivity contribution < 1.29 is 0 Å². The molecule has 0 spiro atoms. The fourth-order valence-corrected chi connectivity index (χ4v) is 14.7. The van der Waals surface area contributed by atoms with Gasteiger partial charge < -0.3 is 4.90 Å². The number of hydrogen-bond acceptors (Lipinski definition) is 1. The summed E-state index contributed by atoms with van der Waals surface area (Å²) in [6.07, 6.45) is 0. The van der Waals surface area contributed by atoms with E-state index < -0.39 is 5.41 Å². The average molecular weight is 986 g/mol. The van der Waals surface area contributed by atoms with E-state index in [1.165, 1.54) is 134 Å². The minimum absolute atomic E-state index is 0.132. The van der Waals surface area contributed by atoms with E-state index in [4.69, 9.17) is 0 Å². The molecule has 0 aliphatic heterocycles. The molecule has 1 nitrogen and oxygen atoms in total. The molecule has 11 aromatic rings. The van der Waals surface area contributed by atoms with Gasteiger partial charge in [0.1, 0.15) is 0 Å². The first-order chi connectivity index (χ1) is 37.5. The third-order valence-electron chi connectivity index (χ3n) is 18.6. The molecule has 368 valence electrons. The maximum absolute atomic E-state index is 2.53. The highest BCUT2D eigenvalue weighted by atomic mass is 15.1. The number of rotatable bonds is 7. The van der Waals surface area contributed by atoms with Gasteiger partial charge in [0.15, 0.2) is 0 Å². The SMILES string of the molecule is CC1(C)c2ccccc2-c2ccc(N(c3ccc4c(c3)C(C)(C)c3ccccc3-4)c3ccc4c(c3)C(C)(C)c3cc(-c5ccc6c(c5)C(c5ccccc5)(c5ccccc5)c5cccc(-c7ccccc7)c5-6)ccc3-4)cc21. The van der Waals surface area contributed by atoms with Crippen LogP contribution in [0, 0.1) is 0 Å². The standard InChI is InChI=1S/C76H59N/c1-73(2)64-30-18-16-27-57(64)60-40-35-53(45-68(60)73)77(54-36-41-61-58-28-17-19-31-65(58)74(3,4)69(61)46-54)55-37-42-62-59-38-33-49(43-67(59)75(5,6)70(62)47-55)50-34-39-63-71(44-50)76(51-23-12-8-13-24-51,52-25-14-9-15-26-52)66-32-20-29-56(72(63)66)48-21-10-7-11-22-48/h7-47H,1-6H3. The molecular weight excluding hydrogens is 927 g/mol. The Morgan fingerprint density at radius 3 is 1.08 bits per heavy atom. The summed E-state index contributed by atoms with van der Waals surface area (Å²) in [4.78, 5) is 2.53. The second-order valence-corrected chi connectivity index (χ2v) is 23.6. The van der Waals surface area contributed by atoms with Crippen LogP contribution in [0.15, 0.2) is 249 Å². The van der Waals surface area contributed by atoms with Crippen LogP contribution in [0.2, 0.25) is 0 Å². The predicted molar refractivity (Wildman–Crippen MR) is 322 cm³/mol. The first-order valence-corrected chi connectivity index (χ1v) is 27.5. The van der Waals surface area contributed by atoms with Gasteiger partial charge in [-0.1, -0.05) is 242 Å². The van der Waals surface area contributed by atoms with E-state index in [-0.39, 0.29) is 16.2 Å². The van der Waals surface area contributed by atoms with E-state index in [1.54, 1.807) is 0 Å². The van der Waals surface area contributed by atoms with Crippen LogP contribution in [-0.4, -0.2) is 0 Å². The Labute approximate surface area is 453 Å². The van der Waals surface area contributed by atoms with Crippen molar-refractivity contribution >= 4 is 17.1 Å². The fraction of sp³-hybridized carbons (Fsp3) is 0.132. The molecule has 15 rings (SSSR count). The minimum atomic E-state index is -0.528. The van der Waals surface area contributed by atoms with Crippen LogP contribution in [0.25, 0.3) is 66.8 Å². The van der Waals surface area contributed by atoms with Gasteiger partial charge in [-0.3, -0.25) is 0 Å². The summed E-state index contributed by atoms with van der Waals surface area (Å²) in [7, 11) is 0. The highest BCUT2D eigenvalue weighted by Crippen LogP contribution is 2.60. The van der Waals surface area contributed by atoms with Crippen molar-refractivity contribution in [1.29, 1.82) is 0 Å². The first-order valence-electron chi connectivity index (χ1n) is 27.5. The molecule has 0 bridgehead atoms. The third-order valence-corrected chi connectivity index (χ3v) is 18.6. The van der Waals surface area contributed by atoms with Gasteiger partial charge in [0.05, 0.1) is 5.41 Å². The van der Waals surface area contributed by atoms with Gasteiger partial charge in [0.2, 0.25) is 0 Å². The summed E-state index contributed by atoms with van der Waals surface area (Å²) in [5.74, 6) is 0. The van der Waals surface area contributed by atoms with Crippen LogP contribution < -0.4 is 4.90 Å². The molecule has 11 aromatic carbocycles. The van der Waals surface area contributed by atoms with Gasteiger partial charge in [0.25, 0.3) is 0 Å². The molecule has 77 heavy (non-hydrogen) atoms. The Bertz CT molecular complexity index is 4080. The summed E-state index contributed by atoms with van der Waals surface area (Å²) in [5.41, 5.74) is 31.3. The molecule has 0 N–H and O–H groups in total. The molecule has 0 fully saturated rings. The van der Waals surface area contributed by atoms with Crippen LogP contribution >= 0.6 is 0 Å². The molecule has 1 heteroatoms. The zero-order chi connectivity index (χ0) is 52.0. The Hall–Kier alpha value is -8.78. The molecule has 0 atom stereocenters. The quantitative estimate of drug-likeness (QED) is 0.154. The van der Waals surface area contributed by atoms with Crippen molar-refractivity contribution in [3.8, 4) is 66.8 Å². The number of anilines is 3. The molecule has 4 aliphatic rings. The summed E-state index contributed by atoms with van der Waals surface area (Å²) in [5, 5.41) is 0. The van der Waals surface area contributed by atoms with Gasteiger partial charge in [-0.2, -0.15) is 0 Å². The topological polar surface area (TPSA) is 3.24 Å². The van der Waals surface area contributed by atoms with Crippen molar-refractivity contribution in [2.45, 2.75) is 63.2 Å². The van der Waals surface area contributed by atoms with Crippen LogP contribution in [-0.2, 0) is 21.7 Å². The zero-order valence-corrected chi connectivity index (χ0v) is 44.6. The second-order valence-electron chi connectivity index (χ2n) is 23.6. The number of hydrogen-bond donors (Lipinski definition) is 0. The minimum Gasteiger partial charge on any atom is -0.310 e. The molecule has 0 heterocycles. The summed E-state index contributed by atoms with van der Waals surface area (Å²) >= 11 is 0. The first kappa shape index (κ1) is 45.6. The van der Waals surface area contributed by atoms with Crippen molar-refractivity contribution in [3.63, 3.8) is 0 Å². The molecule has 4 aliphatic carbocycles. The van der Waals surface area contributed by atoms with E-state index in [0.29, 0.717) is 0 Å². The normalized spacial score (nSPS) is 15.6. The van der Waals surface area contributed by atoms with Gasteiger partial charge in [0, 0.05) is 33.3 Å². The van der Waals surface area contributed by atoms with Gasteiger partial charge in [-0.15, -0.1) is 0 Å². The Balaban J connectivity index is 0.869. The number of benzene rings is 11. The largest absolute Gasteiger partial charge is 0.310 e. The Morgan fingerprint density at radius 2 is 0.584 bits per heavy atom. The van der Waals surface area contributed by atoms with Gasteiger partial charge in [-0.25, -0.2) is 0 Å². The second kappa shape index (κ2) is 16.4. The van der Waals surface area contributed by atoms with Crippen LogP contribution in [0.4, 0.5) is 17.1 Å². The van der Waals surface area contributed by atoms with Gasteiger partial charge in [-0.05, 0) is 171 Å². The Morgan fingerprint density at radius 1 is 0.234 bits per heavy atom. The highest BCUT2D eigenvalue weighted by Gasteiger charge is 2.47. The predicted octanol–water partition coefficient (Wildman–Crippen LogP) is 19.8. The lowest BCUT2D eigenvalue weighted by Crippen LogP contribution is -2.28. The van der Waals surface area contributed by atoms with E-state index >= 15 is 0 Å². The molecule has 0 aromatic heterocycles. The van der Waals surface area contributed by atoms with Crippen LogP contribution in [0.3, 0.4) is 0 Å². The smallest absolute Gasteiger partial charge is 0.0714 e. The summed E-state index contributed by atoms with van der Waals surface area (Å²) in [6, 6.07) is 94.4. The fourth-order valence-electron chi connectivity index (χ4n) is 14.7. The number of nitrogens with zero attached hydrogens (tertiary/aromatic N) is 1. The maximum atomic E-state index is 2.53. The third kappa shape index (κ3) is 6.35. The van der Waals surface area contributed by atoms with Gasteiger partial charge >= 0.3 is 0 Å². The zero-order valence-electron chi connectivity index (χ0n) is 44.6. The van der Waals surface area contributed by atoms with Crippen molar-refractivity contribution in [3.05, 3.63) is 304 Å². The monoisotopic (exact) mass is 985 g/mol. The summed E-state index contributed by atoms with van der Waals surface area (Å²) < 4.78 is 0. The molecule has 0 saturated carbocycles. The molecular formula is C76H59N. The lowest BCUT2D eigenvalue weighted by atomic mass is 9.67. The molecule has 0 unspecified atom stereocenters. The Kier molecular flexibility index (Phi) is 9.69. The average Bonchev–Trinajstić information content (AvgIpc) is 4.30. The van der Waals surface area contributed by atoms with E-state index in [2.05, 4.69) is 295 Å².